The lowest BCUT2D eigenvalue weighted by Crippen LogP contribution is -2.30. The second-order valence-corrected chi connectivity index (χ2v) is 5.10. The summed E-state index contributed by atoms with van der Waals surface area (Å²) in [5, 5.41) is 12.5. The smallest absolute Gasteiger partial charge is 0.172 e. The fourth-order valence-corrected chi connectivity index (χ4v) is 2.45. The third-order valence-corrected chi connectivity index (χ3v) is 3.49. The maximum absolute atomic E-state index is 8.83. The first-order chi connectivity index (χ1) is 9.11. The molecule has 0 aliphatic carbocycles. The lowest BCUT2D eigenvalue weighted by atomic mass is 10.1. The Labute approximate surface area is 117 Å². The van der Waals surface area contributed by atoms with E-state index in [2.05, 4.69) is 5.16 Å². The topological polar surface area (TPSA) is 71.1 Å². The van der Waals surface area contributed by atoms with Gasteiger partial charge in [0.1, 0.15) is 0 Å². The van der Waals surface area contributed by atoms with Crippen LogP contribution in [0.15, 0.2) is 23.4 Å². The highest BCUT2D eigenvalue weighted by Gasteiger charge is 2.19. The maximum atomic E-state index is 8.83. The molecule has 0 amide bonds. The predicted molar refractivity (Wildman–Crippen MR) is 76.2 cm³/mol. The van der Waals surface area contributed by atoms with E-state index >= 15 is 0 Å². The van der Waals surface area contributed by atoms with E-state index in [4.69, 9.17) is 27.3 Å². The molecule has 0 bridgehead atoms. The van der Waals surface area contributed by atoms with E-state index in [-0.39, 0.29) is 11.9 Å². The summed E-state index contributed by atoms with van der Waals surface area (Å²) in [6.07, 6.45) is 2.38. The summed E-state index contributed by atoms with van der Waals surface area (Å²) >= 11 is 6.02. The molecule has 1 unspecified atom stereocenters. The van der Waals surface area contributed by atoms with E-state index in [0.29, 0.717) is 10.6 Å². The molecule has 1 saturated heterocycles. The number of anilines is 1. The second-order valence-electron chi connectivity index (χ2n) is 4.66. The van der Waals surface area contributed by atoms with Crippen molar-refractivity contribution in [2.24, 2.45) is 10.9 Å². The summed E-state index contributed by atoms with van der Waals surface area (Å²) < 4.78 is 5.62. The lowest BCUT2D eigenvalue weighted by Gasteiger charge is -2.25. The van der Waals surface area contributed by atoms with Gasteiger partial charge < -0.3 is 20.6 Å². The van der Waals surface area contributed by atoms with E-state index in [1.54, 1.807) is 12.1 Å². The summed E-state index contributed by atoms with van der Waals surface area (Å²) in [6, 6.07) is 5.28. The zero-order chi connectivity index (χ0) is 13.8. The van der Waals surface area contributed by atoms with Crippen molar-refractivity contribution in [3.63, 3.8) is 0 Å². The van der Waals surface area contributed by atoms with Crippen LogP contribution in [0.4, 0.5) is 5.69 Å². The average molecular weight is 284 g/mol. The van der Waals surface area contributed by atoms with Crippen molar-refractivity contribution >= 4 is 23.1 Å². The summed E-state index contributed by atoms with van der Waals surface area (Å²) in [5.41, 5.74) is 7.18. The molecule has 0 radical (unpaired) electrons. The zero-order valence-electron chi connectivity index (χ0n) is 10.8. The van der Waals surface area contributed by atoms with Gasteiger partial charge in [-0.2, -0.15) is 0 Å². The molecule has 1 heterocycles. The van der Waals surface area contributed by atoms with Gasteiger partial charge in [0.25, 0.3) is 0 Å². The van der Waals surface area contributed by atoms with Gasteiger partial charge in [0.15, 0.2) is 5.84 Å². The van der Waals surface area contributed by atoms with Gasteiger partial charge in [0, 0.05) is 36.5 Å². The van der Waals surface area contributed by atoms with Crippen molar-refractivity contribution in [2.45, 2.75) is 18.9 Å². The minimum Gasteiger partial charge on any atom is -0.409 e. The molecule has 1 fully saturated rings. The van der Waals surface area contributed by atoms with E-state index in [0.717, 1.165) is 31.7 Å². The number of rotatable bonds is 4. The molecule has 19 heavy (non-hydrogen) atoms. The molecular weight excluding hydrogens is 266 g/mol. The third kappa shape index (κ3) is 3.30. The number of hydrogen-bond acceptors (Lipinski definition) is 4. The SMILES string of the molecule is CN(CC1CCCO1)c1cc(Cl)ccc1C(N)=NO. The Morgan fingerprint density at radius 1 is 1.63 bits per heavy atom. The van der Waals surface area contributed by atoms with Crippen LogP contribution in [0.2, 0.25) is 5.02 Å². The Kier molecular flexibility index (Phi) is 4.50. The fourth-order valence-electron chi connectivity index (χ4n) is 2.28. The van der Waals surface area contributed by atoms with Crippen LogP contribution >= 0.6 is 11.6 Å². The zero-order valence-corrected chi connectivity index (χ0v) is 11.6. The highest BCUT2D eigenvalue weighted by Crippen LogP contribution is 2.25. The van der Waals surface area contributed by atoms with Crippen molar-refractivity contribution in [1.82, 2.24) is 0 Å². The van der Waals surface area contributed by atoms with E-state index in [9.17, 15) is 0 Å². The Morgan fingerprint density at radius 2 is 2.42 bits per heavy atom. The van der Waals surface area contributed by atoms with Gasteiger partial charge in [-0.1, -0.05) is 16.8 Å². The van der Waals surface area contributed by atoms with Gasteiger partial charge in [0.05, 0.1) is 6.10 Å². The third-order valence-electron chi connectivity index (χ3n) is 3.26. The summed E-state index contributed by atoms with van der Waals surface area (Å²) in [6.45, 7) is 1.58. The molecule has 1 aliphatic rings. The van der Waals surface area contributed by atoms with Crippen molar-refractivity contribution in [3.8, 4) is 0 Å². The van der Waals surface area contributed by atoms with Crippen LogP contribution in [-0.4, -0.2) is 37.3 Å². The monoisotopic (exact) mass is 283 g/mol. The molecule has 1 atom stereocenters. The molecular formula is C13H18ClN3O2. The van der Waals surface area contributed by atoms with Crippen molar-refractivity contribution < 1.29 is 9.94 Å². The Morgan fingerprint density at radius 3 is 3.05 bits per heavy atom. The van der Waals surface area contributed by atoms with Crippen LogP contribution in [0.25, 0.3) is 0 Å². The standard InChI is InChI=1S/C13H18ClN3O2/c1-17(8-10-3-2-6-19-10)12-7-9(14)4-5-11(12)13(15)16-18/h4-5,7,10,18H,2-3,6,8H2,1H3,(H2,15,16). The minimum atomic E-state index is 0.0749. The van der Waals surface area contributed by atoms with Crippen molar-refractivity contribution in [1.29, 1.82) is 0 Å². The molecule has 0 saturated carbocycles. The van der Waals surface area contributed by atoms with Gasteiger partial charge in [-0.05, 0) is 31.0 Å². The van der Waals surface area contributed by atoms with E-state index in [1.165, 1.54) is 0 Å². The van der Waals surface area contributed by atoms with Crippen LogP contribution in [0, 0.1) is 0 Å². The number of ether oxygens (including phenoxy) is 1. The highest BCUT2D eigenvalue weighted by molar-refractivity contribution is 6.31. The number of amidine groups is 1. The largest absolute Gasteiger partial charge is 0.409 e. The molecule has 3 N–H and O–H groups in total. The Balaban J connectivity index is 2.23. The number of nitrogens with two attached hydrogens (primary N) is 1. The molecule has 1 aliphatic heterocycles. The summed E-state index contributed by atoms with van der Waals surface area (Å²) in [5.74, 6) is 0.0749. The fraction of sp³-hybridized carbons (Fsp3) is 0.462. The quantitative estimate of drug-likeness (QED) is 0.384. The van der Waals surface area contributed by atoms with E-state index in [1.807, 2.05) is 18.0 Å². The van der Waals surface area contributed by atoms with Gasteiger partial charge in [-0.25, -0.2) is 0 Å². The first-order valence-electron chi connectivity index (χ1n) is 6.22. The number of likely N-dealkylation sites (N-methyl/N-ethyl adjacent to an activating group) is 1. The molecule has 1 aromatic rings. The van der Waals surface area contributed by atoms with Crippen molar-refractivity contribution in [3.05, 3.63) is 28.8 Å². The first kappa shape index (κ1) is 14.0. The molecule has 0 aromatic heterocycles. The Hall–Kier alpha value is -1.46. The predicted octanol–water partition coefficient (Wildman–Crippen LogP) is 2.05. The normalized spacial score (nSPS) is 19.7. The summed E-state index contributed by atoms with van der Waals surface area (Å²) in [7, 11) is 1.95. The van der Waals surface area contributed by atoms with Gasteiger partial charge in [-0.3, -0.25) is 0 Å². The number of benzene rings is 1. The number of hydrogen-bond donors (Lipinski definition) is 2. The highest BCUT2D eigenvalue weighted by atomic mass is 35.5. The van der Waals surface area contributed by atoms with Crippen molar-refractivity contribution in [2.75, 3.05) is 25.1 Å². The van der Waals surface area contributed by atoms with E-state index < -0.39 is 0 Å². The first-order valence-corrected chi connectivity index (χ1v) is 6.60. The molecule has 104 valence electrons. The summed E-state index contributed by atoms with van der Waals surface area (Å²) in [4.78, 5) is 2.02. The van der Waals surface area contributed by atoms with Gasteiger partial charge in [0.2, 0.25) is 0 Å². The lowest BCUT2D eigenvalue weighted by molar-refractivity contribution is 0.116. The number of nitrogens with zero attached hydrogens (tertiary/aromatic N) is 2. The van der Waals surface area contributed by atoms with Gasteiger partial charge >= 0.3 is 0 Å². The Bertz CT molecular complexity index is 473. The molecule has 5 nitrogen and oxygen atoms in total. The van der Waals surface area contributed by atoms with Crippen LogP contribution in [-0.2, 0) is 4.74 Å². The van der Waals surface area contributed by atoms with Crippen LogP contribution in [0.1, 0.15) is 18.4 Å². The minimum absolute atomic E-state index is 0.0749. The molecule has 6 heteroatoms. The second kappa shape index (κ2) is 6.12. The molecule has 0 spiro atoms. The average Bonchev–Trinajstić information content (AvgIpc) is 2.90. The van der Waals surface area contributed by atoms with Crippen LogP contribution < -0.4 is 10.6 Å². The number of halogens is 1. The van der Waals surface area contributed by atoms with Crippen LogP contribution in [0.3, 0.4) is 0 Å². The molecule has 1 aromatic carbocycles. The maximum Gasteiger partial charge on any atom is 0.172 e. The number of oxime groups is 1. The van der Waals surface area contributed by atoms with Crippen LogP contribution in [0.5, 0.6) is 0 Å². The molecule has 2 rings (SSSR count). The van der Waals surface area contributed by atoms with Gasteiger partial charge in [-0.15, -0.1) is 0 Å².